The number of benzene rings is 2. The first-order valence-electron chi connectivity index (χ1n) is 9.57. The number of carbonyl (C=O) groups is 3. The van der Waals surface area contributed by atoms with Crippen molar-refractivity contribution in [3.63, 3.8) is 0 Å². The monoisotopic (exact) mass is 427 g/mol. The molecule has 0 aromatic heterocycles. The van der Waals surface area contributed by atoms with Crippen molar-refractivity contribution in [3.05, 3.63) is 63.9 Å². The molecule has 4 amide bonds. The van der Waals surface area contributed by atoms with Crippen molar-refractivity contribution in [2.45, 2.75) is 19.8 Å². The molecule has 0 atom stereocenters. The van der Waals surface area contributed by atoms with Crippen LogP contribution in [0.4, 0.5) is 20.6 Å². The molecule has 0 radical (unpaired) electrons. The smallest absolute Gasteiger partial charge is 0.335 e. The van der Waals surface area contributed by atoms with E-state index in [1.807, 2.05) is 4.90 Å². The van der Waals surface area contributed by atoms with Gasteiger partial charge in [-0.3, -0.25) is 14.9 Å². The Hall–Kier alpha value is -3.19. The van der Waals surface area contributed by atoms with E-state index in [2.05, 4.69) is 5.32 Å². The fraction of sp³-hybridized carbons (Fsp3) is 0.227. The molecule has 2 aromatic carbocycles. The van der Waals surface area contributed by atoms with Gasteiger partial charge in [0.15, 0.2) is 0 Å². The van der Waals surface area contributed by atoms with Gasteiger partial charge in [0.1, 0.15) is 11.4 Å². The lowest BCUT2D eigenvalue weighted by Crippen LogP contribution is -2.54. The third-order valence-corrected chi connectivity index (χ3v) is 5.52. The van der Waals surface area contributed by atoms with Crippen molar-refractivity contribution in [1.82, 2.24) is 5.32 Å². The number of nitrogens with zero attached hydrogens (tertiary/aromatic N) is 2. The summed E-state index contributed by atoms with van der Waals surface area (Å²) in [5.74, 6) is -2.02. The molecule has 8 heteroatoms. The third kappa shape index (κ3) is 3.68. The Morgan fingerprint density at radius 1 is 1.07 bits per heavy atom. The van der Waals surface area contributed by atoms with Crippen molar-refractivity contribution in [1.29, 1.82) is 0 Å². The lowest BCUT2D eigenvalue weighted by Gasteiger charge is -2.26. The molecule has 30 heavy (non-hydrogen) atoms. The van der Waals surface area contributed by atoms with E-state index in [1.54, 1.807) is 13.0 Å². The van der Waals surface area contributed by atoms with Crippen LogP contribution in [0.1, 0.15) is 24.0 Å². The number of anilines is 2. The summed E-state index contributed by atoms with van der Waals surface area (Å²) in [6.45, 7) is 3.39. The van der Waals surface area contributed by atoms with Gasteiger partial charge >= 0.3 is 6.03 Å². The zero-order chi connectivity index (χ0) is 21.4. The summed E-state index contributed by atoms with van der Waals surface area (Å²) in [6.07, 6.45) is 3.36. The molecule has 2 saturated heterocycles. The predicted molar refractivity (Wildman–Crippen MR) is 113 cm³/mol. The normalized spacial score (nSPS) is 18.4. The van der Waals surface area contributed by atoms with E-state index in [0.29, 0.717) is 16.3 Å². The zero-order valence-electron chi connectivity index (χ0n) is 16.2. The SMILES string of the molecule is Cc1cc(N2CCCC2)c(F)cc1C=C1C(=O)NC(=O)N(c2ccc(Cl)cc2)C1=O. The molecule has 154 valence electrons. The van der Waals surface area contributed by atoms with Crippen LogP contribution < -0.4 is 15.1 Å². The van der Waals surface area contributed by atoms with Crippen molar-refractivity contribution >= 4 is 46.9 Å². The minimum absolute atomic E-state index is 0.249. The number of amides is 4. The number of hydrogen-bond acceptors (Lipinski definition) is 4. The van der Waals surface area contributed by atoms with E-state index in [4.69, 9.17) is 11.6 Å². The maximum Gasteiger partial charge on any atom is 0.335 e. The second kappa shape index (κ2) is 7.91. The van der Waals surface area contributed by atoms with E-state index in [-0.39, 0.29) is 11.3 Å². The Labute approximate surface area is 177 Å². The number of rotatable bonds is 3. The average molecular weight is 428 g/mol. The molecular weight excluding hydrogens is 409 g/mol. The van der Waals surface area contributed by atoms with Crippen LogP contribution in [0.25, 0.3) is 6.08 Å². The quantitative estimate of drug-likeness (QED) is 0.592. The topological polar surface area (TPSA) is 69.7 Å². The largest absolute Gasteiger partial charge is 0.369 e. The number of nitrogens with one attached hydrogen (secondary N) is 1. The van der Waals surface area contributed by atoms with Gasteiger partial charge in [0.25, 0.3) is 11.8 Å². The van der Waals surface area contributed by atoms with E-state index in [0.717, 1.165) is 36.4 Å². The highest BCUT2D eigenvalue weighted by Gasteiger charge is 2.37. The third-order valence-electron chi connectivity index (χ3n) is 5.27. The van der Waals surface area contributed by atoms with Gasteiger partial charge in [-0.1, -0.05) is 11.6 Å². The molecule has 2 fully saturated rings. The number of hydrogen-bond donors (Lipinski definition) is 1. The predicted octanol–water partition coefficient (Wildman–Crippen LogP) is 4.05. The van der Waals surface area contributed by atoms with Crippen LogP contribution in [0.2, 0.25) is 5.02 Å². The maximum atomic E-state index is 14.7. The summed E-state index contributed by atoms with van der Waals surface area (Å²) in [7, 11) is 0. The van der Waals surface area contributed by atoms with Crippen LogP contribution in [0.3, 0.4) is 0 Å². The van der Waals surface area contributed by atoms with Gasteiger partial charge in [-0.25, -0.2) is 14.1 Å². The zero-order valence-corrected chi connectivity index (χ0v) is 17.0. The lowest BCUT2D eigenvalue weighted by molar-refractivity contribution is -0.122. The maximum absolute atomic E-state index is 14.7. The summed E-state index contributed by atoms with van der Waals surface area (Å²) < 4.78 is 14.7. The van der Waals surface area contributed by atoms with E-state index >= 15 is 0 Å². The summed E-state index contributed by atoms with van der Waals surface area (Å²) in [4.78, 5) is 40.4. The molecule has 2 aliphatic heterocycles. The Kier molecular flexibility index (Phi) is 5.30. The number of carbonyl (C=O) groups excluding carboxylic acids is 3. The lowest BCUT2D eigenvalue weighted by atomic mass is 10.0. The first kappa shape index (κ1) is 20.1. The van der Waals surface area contributed by atoms with Crippen LogP contribution >= 0.6 is 11.6 Å². The molecular formula is C22H19ClFN3O3. The summed E-state index contributed by atoms with van der Waals surface area (Å²) in [6, 6.07) is 8.27. The first-order chi connectivity index (χ1) is 14.3. The highest BCUT2D eigenvalue weighted by molar-refractivity contribution is 6.39. The second-order valence-corrected chi connectivity index (χ2v) is 7.73. The Balaban J connectivity index is 1.70. The summed E-state index contributed by atoms with van der Waals surface area (Å²) >= 11 is 5.87. The fourth-order valence-electron chi connectivity index (χ4n) is 3.68. The molecule has 0 bridgehead atoms. The van der Waals surface area contributed by atoms with Crippen molar-refractivity contribution < 1.29 is 18.8 Å². The molecule has 4 rings (SSSR count). The molecule has 0 spiro atoms. The number of urea groups is 1. The average Bonchev–Trinajstić information content (AvgIpc) is 3.23. The Bertz CT molecular complexity index is 1080. The fourth-order valence-corrected chi connectivity index (χ4v) is 3.80. The Morgan fingerprint density at radius 3 is 2.40 bits per heavy atom. The van der Waals surface area contributed by atoms with E-state index in [9.17, 15) is 18.8 Å². The van der Waals surface area contributed by atoms with Gasteiger partial charge < -0.3 is 4.90 Å². The molecule has 6 nitrogen and oxygen atoms in total. The number of halogens is 2. The second-order valence-electron chi connectivity index (χ2n) is 7.29. The van der Waals surface area contributed by atoms with Crippen LogP contribution in [0, 0.1) is 12.7 Å². The van der Waals surface area contributed by atoms with Gasteiger partial charge in [-0.05, 0) is 73.4 Å². The molecule has 2 aromatic rings. The molecule has 1 N–H and O–H groups in total. The van der Waals surface area contributed by atoms with Gasteiger partial charge in [0, 0.05) is 18.1 Å². The van der Waals surface area contributed by atoms with Crippen LogP contribution in [-0.4, -0.2) is 30.9 Å². The highest BCUT2D eigenvalue weighted by atomic mass is 35.5. The van der Waals surface area contributed by atoms with Gasteiger partial charge in [0.05, 0.1) is 11.4 Å². The number of aryl methyl sites for hydroxylation is 1. The van der Waals surface area contributed by atoms with E-state index in [1.165, 1.54) is 36.4 Å². The van der Waals surface area contributed by atoms with Crippen molar-refractivity contribution in [3.8, 4) is 0 Å². The van der Waals surface area contributed by atoms with Gasteiger partial charge in [-0.15, -0.1) is 0 Å². The molecule has 0 saturated carbocycles. The summed E-state index contributed by atoms with van der Waals surface area (Å²) in [5.41, 5.74) is 1.67. The highest BCUT2D eigenvalue weighted by Crippen LogP contribution is 2.29. The van der Waals surface area contributed by atoms with Gasteiger partial charge in [-0.2, -0.15) is 0 Å². The van der Waals surface area contributed by atoms with Crippen LogP contribution in [0.5, 0.6) is 0 Å². The summed E-state index contributed by atoms with van der Waals surface area (Å²) in [5, 5.41) is 2.60. The minimum atomic E-state index is -0.850. The van der Waals surface area contributed by atoms with Crippen LogP contribution in [0.15, 0.2) is 42.0 Å². The standard InChI is InChI=1S/C22H19ClFN3O3/c1-13-10-19(26-8-2-3-9-26)18(24)12-14(13)11-17-20(28)25-22(30)27(21(17)29)16-6-4-15(23)5-7-16/h4-7,10-12H,2-3,8-9H2,1H3,(H,25,28,30). The van der Waals surface area contributed by atoms with Crippen molar-refractivity contribution in [2.75, 3.05) is 22.9 Å². The Morgan fingerprint density at radius 2 is 1.73 bits per heavy atom. The van der Waals surface area contributed by atoms with Gasteiger partial charge in [0.2, 0.25) is 0 Å². The number of barbiturate groups is 1. The number of imide groups is 2. The van der Waals surface area contributed by atoms with Crippen molar-refractivity contribution in [2.24, 2.45) is 0 Å². The van der Waals surface area contributed by atoms with Crippen LogP contribution in [-0.2, 0) is 9.59 Å². The molecule has 2 aliphatic rings. The molecule has 0 unspecified atom stereocenters. The molecule has 2 heterocycles. The van der Waals surface area contributed by atoms with E-state index < -0.39 is 23.7 Å². The first-order valence-corrected chi connectivity index (χ1v) is 9.95. The minimum Gasteiger partial charge on any atom is -0.369 e. The molecule has 0 aliphatic carbocycles.